The predicted octanol–water partition coefficient (Wildman–Crippen LogP) is 3.07. The molecule has 0 aliphatic rings. The molecule has 0 saturated carbocycles. The number of rotatable bonds is 4. The summed E-state index contributed by atoms with van der Waals surface area (Å²) in [5.41, 5.74) is 2.29. The van der Waals surface area contributed by atoms with Crippen LogP contribution >= 0.6 is 0 Å². The molecule has 2 aromatic rings. The zero-order chi connectivity index (χ0) is 14.5. The summed E-state index contributed by atoms with van der Waals surface area (Å²) in [4.78, 5) is 11.9. The molecule has 0 aliphatic carbocycles. The quantitative estimate of drug-likeness (QED) is 0.929. The van der Waals surface area contributed by atoms with Crippen molar-refractivity contribution >= 4 is 5.91 Å². The van der Waals surface area contributed by atoms with Crippen LogP contribution in [-0.4, -0.2) is 13.0 Å². The third-order valence-electron chi connectivity index (χ3n) is 3.00. The summed E-state index contributed by atoms with van der Waals surface area (Å²) in [7, 11) is 1.62. The molecule has 0 fully saturated rings. The smallest absolute Gasteiger partial charge is 0.251 e. The highest BCUT2D eigenvalue weighted by Gasteiger charge is 2.06. The van der Waals surface area contributed by atoms with Gasteiger partial charge in [0.1, 0.15) is 11.6 Å². The Labute approximate surface area is 117 Å². The van der Waals surface area contributed by atoms with Crippen molar-refractivity contribution in [2.75, 3.05) is 7.11 Å². The summed E-state index contributed by atoms with van der Waals surface area (Å²) in [6, 6.07) is 11.3. The van der Waals surface area contributed by atoms with E-state index in [9.17, 15) is 9.18 Å². The molecule has 0 heterocycles. The topological polar surface area (TPSA) is 38.3 Å². The summed E-state index contributed by atoms with van der Waals surface area (Å²) in [5.74, 6) is 0.0983. The molecule has 4 heteroatoms. The molecular weight excluding hydrogens is 257 g/mol. The highest BCUT2D eigenvalue weighted by Crippen LogP contribution is 2.18. The number of nitrogens with one attached hydrogen (secondary N) is 1. The van der Waals surface area contributed by atoms with Gasteiger partial charge in [-0.25, -0.2) is 4.39 Å². The lowest BCUT2D eigenvalue weighted by Gasteiger charge is -2.09. The van der Waals surface area contributed by atoms with Gasteiger partial charge in [0.15, 0.2) is 0 Å². The summed E-state index contributed by atoms with van der Waals surface area (Å²) in [6.45, 7) is 2.33. The van der Waals surface area contributed by atoms with Gasteiger partial charge < -0.3 is 10.1 Å². The number of hydrogen-bond acceptors (Lipinski definition) is 2. The molecule has 104 valence electrons. The van der Waals surface area contributed by atoms with E-state index in [1.807, 2.05) is 25.1 Å². The van der Waals surface area contributed by atoms with Gasteiger partial charge in [-0.15, -0.1) is 0 Å². The molecular formula is C16H16FNO2. The Kier molecular flexibility index (Phi) is 4.35. The van der Waals surface area contributed by atoms with E-state index >= 15 is 0 Å². The first-order valence-electron chi connectivity index (χ1n) is 6.27. The third kappa shape index (κ3) is 3.35. The molecule has 0 unspecified atom stereocenters. The van der Waals surface area contributed by atoms with E-state index in [0.717, 1.165) is 16.9 Å². The highest BCUT2D eigenvalue weighted by atomic mass is 19.1. The Balaban J connectivity index is 2.02. The van der Waals surface area contributed by atoms with E-state index in [-0.39, 0.29) is 5.91 Å². The van der Waals surface area contributed by atoms with Gasteiger partial charge in [-0.3, -0.25) is 4.79 Å². The largest absolute Gasteiger partial charge is 0.496 e. The number of halogens is 1. The molecule has 0 radical (unpaired) electrons. The number of benzene rings is 2. The van der Waals surface area contributed by atoms with Crippen LogP contribution in [0.15, 0.2) is 42.5 Å². The van der Waals surface area contributed by atoms with Crippen molar-refractivity contribution in [1.29, 1.82) is 0 Å². The van der Waals surface area contributed by atoms with Gasteiger partial charge in [0, 0.05) is 12.1 Å². The van der Waals surface area contributed by atoms with Crippen molar-refractivity contribution in [2.24, 2.45) is 0 Å². The summed E-state index contributed by atoms with van der Waals surface area (Å²) >= 11 is 0. The average Bonchev–Trinajstić information content (AvgIpc) is 2.45. The second kappa shape index (κ2) is 6.19. The Hall–Kier alpha value is -2.36. The van der Waals surface area contributed by atoms with Gasteiger partial charge in [0.2, 0.25) is 0 Å². The first-order chi connectivity index (χ1) is 9.60. The predicted molar refractivity (Wildman–Crippen MR) is 75.3 cm³/mol. The number of aryl methyl sites for hydroxylation is 1. The van der Waals surface area contributed by atoms with Crippen LogP contribution < -0.4 is 10.1 Å². The second-order valence-electron chi connectivity index (χ2n) is 4.50. The number of hydrogen-bond donors (Lipinski definition) is 1. The number of carbonyl (C=O) groups is 1. The van der Waals surface area contributed by atoms with Crippen molar-refractivity contribution in [3.63, 3.8) is 0 Å². The highest BCUT2D eigenvalue weighted by molar-refractivity contribution is 5.94. The fraction of sp³-hybridized carbons (Fsp3) is 0.188. The van der Waals surface area contributed by atoms with Crippen LogP contribution in [0, 0.1) is 12.7 Å². The van der Waals surface area contributed by atoms with Crippen LogP contribution in [0.4, 0.5) is 4.39 Å². The Morgan fingerprint density at radius 3 is 2.70 bits per heavy atom. The van der Waals surface area contributed by atoms with Crippen molar-refractivity contribution in [1.82, 2.24) is 5.32 Å². The molecule has 2 aromatic carbocycles. The standard InChI is InChI=1S/C16H16FNO2/c1-11-8-12(6-7-15(11)20-2)10-18-16(19)13-4-3-5-14(17)9-13/h3-9H,10H2,1-2H3,(H,18,19). The first-order valence-corrected chi connectivity index (χ1v) is 6.27. The molecule has 1 N–H and O–H groups in total. The molecule has 0 atom stereocenters. The minimum absolute atomic E-state index is 0.294. The fourth-order valence-electron chi connectivity index (χ4n) is 1.96. The number of ether oxygens (including phenoxy) is 1. The zero-order valence-corrected chi connectivity index (χ0v) is 11.4. The zero-order valence-electron chi connectivity index (χ0n) is 11.4. The SMILES string of the molecule is COc1ccc(CNC(=O)c2cccc(F)c2)cc1C. The van der Waals surface area contributed by atoms with Crippen LogP contribution in [0.2, 0.25) is 0 Å². The van der Waals surface area contributed by atoms with Gasteiger partial charge in [0.05, 0.1) is 7.11 Å². The molecule has 20 heavy (non-hydrogen) atoms. The number of methoxy groups -OCH3 is 1. The molecule has 0 aliphatic heterocycles. The molecule has 0 saturated heterocycles. The molecule has 2 rings (SSSR count). The van der Waals surface area contributed by atoms with E-state index < -0.39 is 5.82 Å². The lowest BCUT2D eigenvalue weighted by atomic mass is 10.1. The minimum atomic E-state index is -0.419. The maximum atomic E-state index is 13.0. The summed E-state index contributed by atoms with van der Waals surface area (Å²) < 4.78 is 18.2. The van der Waals surface area contributed by atoms with Crippen LogP contribution in [0.25, 0.3) is 0 Å². The molecule has 0 aromatic heterocycles. The fourth-order valence-corrected chi connectivity index (χ4v) is 1.96. The molecule has 3 nitrogen and oxygen atoms in total. The monoisotopic (exact) mass is 273 g/mol. The third-order valence-corrected chi connectivity index (χ3v) is 3.00. The van der Waals surface area contributed by atoms with E-state index in [0.29, 0.717) is 12.1 Å². The molecule has 0 spiro atoms. The first kappa shape index (κ1) is 14.1. The summed E-state index contributed by atoms with van der Waals surface area (Å²) in [5, 5.41) is 2.76. The van der Waals surface area contributed by atoms with E-state index in [2.05, 4.69) is 5.32 Å². The summed E-state index contributed by atoms with van der Waals surface area (Å²) in [6.07, 6.45) is 0. The van der Waals surface area contributed by atoms with Gasteiger partial charge in [0.25, 0.3) is 5.91 Å². The number of amides is 1. The van der Waals surface area contributed by atoms with Crippen molar-refractivity contribution in [3.8, 4) is 5.75 Å². The van der Waals surface area contributed by atoms with Crippen molar-refractivity contribution in [3.05, 3.63) is 65.0 Å². The van der Waals surface area contributed by atoms with Gasteiger partial charge >= 0.3 is 0 Å². The minimum Gasteiger partial charge on any atom is -0.496 e. The maximum absolute atomic E-state index is 13.0. The van der Waals surface area contributed by atoms with Crippen LogP contribution in [0.5, 0.6) is 5.75 Å². The second-order valence-corrected chi connectivity index (χ2v) is 4.50. The average molecular weight is 273 g/mol. The lowest BCUT2D eigenvalue weighted by Crippen LogP contribution is -2.22. The van der Waals surface area contributed by atoms with Crippen LogP contribution in [0.1, 0.15) is 21.5 Å². The van der Waals surface area contributed by atoms with Gasteiger partial charge in [-0.1, -0.05) is 18.2 Å². The van der Waals surface area contributed by atoms with Crippen molar-refractivity contribution in [2.45, 2.75) is 13.5 Å². The van der Waals surface area contributed by atoms with E-state index in [4.69, 9.17) is 4.74 Å². The normalized spacial score (nSPS) is 10.2. The Morgan fingerprint density at radius 1 is 1.25 bits per heavy atom. The number of carbonyl (C=O) groups excluding carboxylic acids is 1. The van der Waals surface area contributed by atoms with Crippen LogP contribution in [-0.2, 0) is 6.54 Å². The van der Waals surface area contributed by atoms with Gasteiger partial charge in [-0.05, 0) is 42.3 Å². The van der Waals surface area contributed by atoms with Crippen molar-refractivity contribution < 1.29 is 13.9 Å². The molecule has 1 amide bonds. The molecule has 0 bridgehead atoms. The lowest BCUT2D eigenvalue weighted by molar-refractivity contribution is 0.0950. The van der Waals surface area contributed by atoms with E-state index in [1.165, 1.54) is 18.2 Å². The Bertz CT molecular complexity index is 626. The van der Waals surface area contributed by atoms with Crippen LogP contribution in [0.3, 0.4) is 0 Å². The maximum Gasteiger partial charge on any atom is 0.251 e. The Morgan fingerprint density at radius 2 is 2.05 bits per heavy atom. The van der Waals surface area contributed by atoms with Gasteiger partial charge in [-0.2, -0.15) is 0 Å². The van der Waals surface area contributed by atoms with E-state index in [1.54, 1.807) is 13.2 Å².